The molecule has 4 nitrogen and oxygen atoms in total. The number of benzene rings is 1. The fraction of sp³-hybridized carbons (Fsp3) is 0.375. The topological polar surface area (TPSA) is 55.1 Å². The standard InChI is InChI=1S/C16H20N2O2/c1-12-15(13(2)20-18-12)11-16(19)17-10-6-9-14-7-4-3-5-8-14/h3-5,7-8H,6,9-11H2,1-2H3,(H,17,19). The molecule has 0 atom stereocenters. The number of nitrogens with one attached hydrogen (secondary N) is 1. The summed E-state index contributed by atoms with van der Waals surface area (Å²) in [7, 11) is 0. The van der Waals surface area contributed by atoms with Gasteiger partial charge in [0.1, 0.15) is 5.76 Å². The molecule has 1 heterocycles. The fourth-order valence-corrected chi connectivity index (χ4v) is 2.14. The summed E-state index contributed by atoms with van der Waals surface area (Å²) >= 11 is 0. The number of carbonyl (C=O) groups excluding carboxylic acids is 1. The second-order valence-electron chi connectivity index (χ2n) is 4.92. The summed E-state index contributed by atoms with van der Waals surface area (Å²) in [5, 5.41) is 6.79. The number of hydrogen-bond acceptors (Lipinski definition) is 3. The first kappa shape index (κ1) is 14.3. The van der Waals surface area contributed by atoms with Crippen LogP contribution < -0.4 is 5.32 Å². The Morgan fingerprint density at radius 3 is 2.65 bits per heavy atom. The number of rotatable bonds is 6. The molecule has 0 fully saturated rings. The second-order valence-corrected chi connectivity index (χ2v) is 4.92. The molecule has 2 aromatic rings. The monoisotopic (exact) mass is 272 g/mol. The molecule has 4 heteroatoms. The van der Waals surface area contributed by atoms with E-state index in [2.05, 4.69) is 22.6 Å². The first-order chi connectivity index (χ1) is 9.66. The van der Waals surface area contributed by atoms with E-state index in [-0.39, 0.29) is 5.91 Å². The maximum atomic E-state index is 11.8. The third-order valence-corrected chi connectivity index (χ3v) is 3.33. The minimum absolute atomic E-state index is 0.0208. The molecule has 1 N–H and O–H groups in total. The molecule has 20 heavy (non-hydrogen) atoms. The van der Waals surface area contributed by atoms with Crippen LogP contribution in [0.4, 0.5) is 0 Å². The predicted molar refractivity (Wildman–Crippen MR) is 77.5 cm³/mol. The number of aromatic nitrogens is 1. The van der Waals surface area contributed by atoms with Crippen molar-refractivity contribution < 1.29 is 9.32 Å². The highest BCUT2D eigenvalue weighted by Gasteiger charge is 2.12. The van der Waals surface area contributed by atoms with E-state index in [0.717, 1.165) is 29.9 Å². The van der Waals surface area contributed by atoms with E-state index in [4.69, 9.17) is 4.52 Å². The molecule has 0 aliphatic carbocycles. The Morgan fingerprint density at radius 1 is 1.25 bits per heavy atom. The molecular formula is C16H20N2O2. The van der Waals surface area contributed by atoms with Crippen LogP contribution in [-0.2, 0) is 17.6 Å². The SMILES string of the molecule is Cc1noc(C)c1CC(=O)NCCCc1ccccc1. The van der Waals surface area contributed by atoms with Crippen LogP contribution in [0.25, 0.3) is 0 Å². The zero-order valence-electron chi connectivity index (χ0n) is 12.0. The van der Waals surface area contributed by atoms with Gasteiger partial charge in [0.05, 0.1) is 12.1 Å². The Hall–Kier alpha value is -2.10. The lowest BCUT2D eigenvalue weighted by Gasteiger charge is -2.05. The number of amides is 1. The highest BCUT2D eigenvalue weighted by atomic mass is 16.5. The lowest BCUT2D eigenvalue weighted by atomic mass is 10.1. The smallest absolute Gasteiger partial charge is 0.224 e. The Balaban J connectivity index is 1.71. The zero-order chi connectivity index (χ0) is 14.4. The molecule has 0 aliphatic rings. The molecule has 0 bridgehead atoms. The van der Waals surface area contributed by atoms with Crippen LogP contribution in [0.2, 0.25) is 0 Å². The van der Waals surface area contributed by atoms with E-state index >= 15 is 0 Å². The van der Waals surface area contributed by atoms with E-state index < -0.39 is 0 Å². The van der Waals surface area contributed by atoms with E-state index in [1.807, 2.05) is 32.0 Å². The Morgan fingerprint density at radius 2 is 2.00 bits per heavy atom. The van der Waals surface area contributed by atoms with Gasteiger partial charge < -0.3 is 9.84 Å². The van der Waals surface area contributed by atoms with Gasteiger partial charge in [-0.25, -0.2) is 0 Å². The minimum Gasteiger partial charge on any atom is -0.361 e. The first-order valence-electron chi connectivity index (χ1n) is 6.89. The molecule has 0 spiro atoms. The van der Waals surface area contributed by atoms with Crippen molar-refractivity contribution in [1.82, 2.24) is 10.5 Å². The van der Waals surface area contributed by atoms with Crippen LogP contribution in [0, 0.1) is 13.8 Å². The van der Waals surface area contributed by atoms with E-state index in [1.165, 1.54) is 5.56 Å². The minimum atomic E-state index is 0.0208. The first-order valence-corrected chi connectivity index (χ1v) is 6.89. The number of aryl methyl sites for hydroxylation is 3. The van der Waals surface area contributed by atoms with Crippen LogP contribution >= 0.6 is 0 Å². The van der Waals surface area contributed by atoms with Gasteiger partial charge in [0, 0.05) is 12.1 Å². The quantitative estimate of drug-likeness (QED) is 0.822. The summed E-state index contributed by atoms with van der Waals surface area (Å²) in [5.74, 6) is 0.745. The van der Waals surface area contributed by atoms with Gasteiger partial charge in [-0.15, -0.1) is 0 Å². The van der Waals surface area contributed by atoms with Gasteiger partial charge in [0.2, 0.25) is 5.91 Å². The van der Waals surface area contributed by atoms with Crippen molar-refractivity contribution in [2.24, 2.45) is 0 Å². The predicted octanol–water partition coefficient (Wildman–Crippen LogP) is 2.58. The molecule has 0 saturated heterocycles. The number of hydrogen-bond donors (Lipinski definition) is 1. The van der Waals surface area contributed by atoms with Crippen molar-refractivity contribution in [2.75, 3.05) is 6.54 Å². The molecule has 1 aromatic heterocycles. The Bertz CT molecular complexity index is 542. The summed E-state index contributed by atoms with van der Waals surface area (Å²) < 4.78 is 5.05. The van der Waals surface area contributed by atoms with Crippen molar-refractivity contribution in [2.45, 2.75) is 33.1 Å². The molecule has 0 aliphatic heterocycles. The highest BCUT2D eigenvalue weighted by molar-refractivity contribution is 5.78. The third-order valence-electron chi connectivity index (χ3n) is 3.33. The van der Waals surface area contributed by atoms with E-state index in [1.54, 1.807) is 0 Å². The van der Waals surface area contributed by atoms with E-state index in [0.29, 0.717) is 13.0 Å². The van der Waals surface area contributed by atoms with Gasteiger partial charge in [0.25, 0.3) is 0 Å². The van der Waals surface area contributed by atoms with E-state index in [9.17, 15) is 4.79 Å². The fourth-order valence-electron chi connectivity index (χ4n) is 2.14. The van der Waals surface area contributed by atoms with Crippen LogP contribution in [0.3, 0.4) is 0 Å². The van der Waals surface area contributed by atoms with Gasteiger partial charge in [-0.05, 0) is 32.3 Å². The zero-order valence-corrected chi connectivity index (χ0v) is 12.0. The second kappa shape index (κ2) is 6.89. The van der Waals surface area contributed by atoms with Crippen molar-refractivity contribution in [3.05, 3.63) is 52.9 Å². The normalized spacial score (nSPS) is 10.5. The van der Waals surface area contributed by atoms with Crippen molar-refractivity contribution in [3.63, 3.8) is 0 Å². The molecule has 0 saturated carbocycles. The largest absolute Gasteiger partial charge is 0.361 e. The molecule has 1 amide bonds. The molecular weight excluding hydrogens is 252 g/mol. The number of nitrogens with zero attached hydrogens (tertiary/aromatic N) is 1. The van der Waals surface area contributed by atoms with Gasteiger partial charge in [-0.1, -0.05) is 35.5 Å². The average molecular weight is 272 g/mol. The molecule has 106 valence electrons. The molecule has 1 aromatic carbocycles. The Kier molecular flexibility index (Phi) is 4.93. The molecule has 0 radical (unpaired) electrons. The van der Waals surface area contributed by atoms with Crippen LogP contribution in [0.15, 0.2) is 34.9 Å². The maximum absolute atomic E-state index is 11.8. The van der Waals surface area contributed by atoms with Crippen LogP contribution in [-0.4, -0.2) is 17.6 Å². The molecule has 2 rings (SSSR count). The maximum Gasteiger partial charge on any atom is 0.224 e. The Labute approximate surface area is 119 Å². The summed E-state index contributed by atoms with van der Waals surface area (Å²) in [4.78, 5) is 11.8. The summed E-state index contributed by atoms with van der Waals surface area (Å²) in [5.41, 5.74) is 2.99. The average Bonchev–Trinajstić information content (AvgIpc) is 2.77. The number of carbonyl (C=O) groups is 1. The van der Waals surface area contributed by atoms with Crippen LogP contribution in [0.5, 0.6) is 0 Å². The lowest BCUT2D eigenvalue weighted by Crippen LogP contribution is -2.26. The lowest BCUT2D eigenvalue weighted by molar-refractivity contribution is -0.120. The highest BCUT2D eigenvalue weighted by Crippen LogP contribution is 2.12. The van der Waals surface area contributed by atoms with Crippen LogP contribution in [0.1, 0.15) is 29.0 Å². The summed E-state index contributed by atoms with van der Waals surface area (Å²) in [6.45, 7) is 4.38. The summed E-state index contributed by atoms with van der Waals surface area (Å²) in [6.07, 6.45) is 2.26. The molecule has 0 unspecified atom stereocenters. The van der Waals surface area contributed by atoms with Gasteiger partial charge >= 0.3 is 0 Å². The van der Waals surface area contributed by atoms with Gasteiger partial charge in [0.15, 0.2) is 0 Å². The van der Waals surface area contributed by atoms with Crippen molar-refractivity contribution in [3.8, 4) is 0 Å². The van der Waals surface area contributed by atoms with Gasteiger partial charge in [-0.2, -0.15) is 0 Å². The van der Waals surface area contributed by atoms with Crippen molar-refractivity contribution in [1.29, 1.82) is 0 Å². The summed E-state index contributed by atoms with van der Waals surface area (Å²) in [6, 6.07) is 10.3. The third kappa shape index (κ3) is 3.95. The van der Waals surface area contributed by atoms with Crippen molar-refractivity contribution >= 4 is 5.91 Å². The van der Waals surface area contributed by atoms with Gasteiger partial charge in [-0.3, -0.25) is 4.79 Å².